The summed E-state index contributed by atoms with van der Waals surface area (Å²) in [5, 5.41) is 0. The lowest BCUT2D eigenvalue weighted by Gasteiger charge is -2.14. The molecule has 1 atom stereocenters. The lowest BCUT2D eigenvalue weighted by Crippen LogP contribution is -2.18. The van der Waals surface area contributed by atoms with E-state index in [1.165, 1.54) is 14.2 Å². The van der Waals surface area contributed by atoms with Crippen molar-refractivity contribution in [3.05, 3.63) is 0 Å². The summed E-state index contributed by atoms with van der Waals surface area (Å²) >= 11 is 0. The molecule has 0 saturated heterocycles. The first-order valence-corrected chi connectivity index (χ1v) is 4.51. The van der Waals surface area contributed by atoms with Crippen LogP contribution in [0, 0.1) is 0 Å². The second-order valence-electron chi connectivity index (χ2n) is 2.17. The van der Waals surface area contributed by atoms with Crippen LogP contribution in [0.25, 0.3) is 0 Å². The summed E-state index contributed by atoms with van der Waals surface area (Å²) in [6, 6.07) is 0. The molecule has 0 N–H and O–H groups in total. The zero-order valence-corrected chi connectivity index (χ0v) is 8.02. The van der Waals surface area contributed by atoms with Crippen molar-refractivity contribution in [3.63, 3.8) is 0 Å². The third-order valence-electron chi connectivity index (χ3n) is 1.23. The van der Waals surface area contributed by atoms with Crippen LogP contribution in [0.3, 0.4) is 0 Å². The van der Waals surface area contributed by atoms with Crippen LogP contribution < -0.4 is 0 Å². The van der Waals surface area contributed by atoms with Crippen molar-refractivity contribution < 1.29 is 22.4 Å². The zero-order valence-electron chi connectivity index (χ0n) is 7.13. The molecule has 0 aliphatic rings. The Morgan fingerprint density at radius 3 is 2.33 bits per heavy atom. The standard InChI is InChI=1S/C6H13F2O3P/c1-9-4-3-6(5-10-2)11-12(7)8/h6H,3-5H2,1-2H3. The Morgan fingerprint density at radius 1 is 1.25 bits per heavy atom. The Kier molecular flexibility index (Phi) is 7.91. The van der Waals surface area contributed by atoms with E-state index in [0.29, 0.717) is 13.0 Å². The van der Waals surface area contributed by atoms with Crippen LogP contribution in [-0.4, -0.2) is 33.5 Å². The Morgan fingerprint density at radius 2 is 1.92 bits per heavy atom. The summed E-state index contributed by atoms with van der Waals surface area (Å²) in [5.74, 6) is 0. The fraction of sp³-hybridized carbons (Fsp3) is 1.00. The average Bonchev–Trinajstić information content (AvgIpc) is 2.00. The van der Waals surface area contributed by atoms with Crippen LogP contribution in [0.4, 0.5) is 8.39 Å². The van der Waals surface area contributed by atoms with Crippen molar-refractivity contribution in [2.75, 3.05) is 27.4 Å². The average molecular weight is 202 g/mol. The maximum Gasteiger partial charge on any atom is 0.415 e. The van der Waals surface area contributed by atoms with Crippen LogP contribution >= 0.6 is 8.77 Å². The van der Waals surface area contributed by atoms with Gasteiger partial charge in [-0.1, -0.05) is 0 Å². The fourth-order valence-electron chi connectivity index (χ4n) is 0.714. The van der Waals surface area contributed by atoms with E-state index in [2.05, 4.69) is 4.52 Å². The minimum absolute atomic E-state index is 0.177. The van der Waals surface area contributed by atoms with E-state index in [-0.39, 0.29) is 6.61 Å². The second kappa shape index (κ2) is 7.80. The molecule has 0 bridgehead atoms. The fourth-order valence-corrected chi connectivity index (χ4v) is 1.11. The van der Waals surface area contributed by atoms with Crippen molar-refractivity contribution in [1.82, 2.24) is 0 Å². The van der Waals surface area contributed by atoms with Crippen molar-refractivity contribution in [3.8, 4) is 0 Å². The molecule has 0 fully saturated rings. The van der Waals surface area contributed by atoms with Gasteiger partial charge >= 0.3 is 8.77 Å². The zero-order chi connectivity index (χ0) is 9.40. The van der Waals surface area contributed by atoms with Crippen molar-refractivity contribution in [1.29, 1.82) is 0 Å². The van der Waals surface area contributed by atoms with Gasteiger partial charge < -0.3 is 9.47 Å². The summed E-state index contributed by atoms with van der Waals surface area (Å²) in [5.41, 5.74) is 0. The van der Waals surface area contributed by atoms with Crippen molar-refractivity contribution in [2.45, 2.75) is 12.5 Å². The summed E-state index contributed by atoms with van der Waals surface area (Å²) in [4.78, 5) is 0. The molecular formula is C6H13F2O3P. The van der Waals surface area contributed by atoms with Gasteiger partial charge in [0.25, 0.3) is 0 Å². The van der Waals surface area contributed by atoms with Crippen LogP contribution in [-0.2, 0) is 14.0 Å². The van der Waals surface area contributed by atoms with E-state index in [1.54, 1.807) is 0 Å². The largest absolute Gasteiger partial charge is 0.415 e. The van der Waals surface area contributed by atoms with Crippen molar-refractivity contribution in [2.24, 2.45) is 0 Å². The highest BCUT2D eigenvalue weighted by atomic mass is 31.2. The summed E-state index contributed by atoms with van der Waals surface area (Å²) in [7, 11) is -0.346. The van der Waals surface area contributed by atoms with Crippen molar-refractivity contribution >= 4 is 8.77 Å². The lowest BCUT2D eigenvalue weighted by molar-refractivity contribution is 0.0557. The van der Waals surface area contributed by atoms with E-state index in [9.17, 15) is 8.39 Å². The maximum absolute atomic E-state index is 11.8. The molecule has 0 saturated carbocycles. The minimum Gasteiger partial charge on any atom is -0.385 e. The highest BCUT2D eigenvalue weighted by molar-refractivity contribution is 7.40. The van der Waals surface area contributed by atoms with E-state index < -0.39 is 14.9 Å². The molecular weight excluding hydrogens is 189 g/mol. The van der Waals surface area contributed by atoms with Gasteiger partial charge in [-0.3, -0.25) is 4.52 Å². The second-order valence-corrected chi connectivity index (χ2v) is 2.78. The molecule has 0 rings (SSSR count). The van der Waals surface area contributed by atoms with Crippen LogP contribution in [0.1, 0.15) is 6.42 Å². The molecule has 0 aromatic rings. The number of halogens is 2. The molecule has 3 nitrogen and oxygen atoms in total. The van der Waals surface area contributed by atoms with Crippen LogP contribution in [0.15, 0.2) is 0 Å². The van der Waals surface area contributed by atoms with Crippen LogP contribution in [0.5, 0.6) is 0 Å². The first kappa shape index (κ1) is 12.2. The molecule has 0 heterocycles. The molecule has 1 unspecified atom stereocenters. The number of methoxy groups -OCH3 is 2. The summed E-state index contributed by atoms with van der Waals surface area (Å²) in [6.45, 7) is 0.577. The Balaban J connectivity index is 3.54. The lowest BCUT2D eigenvalue weighted by atomic mass is 10.3. The van der Waals surface area contributed by atoms with Gasteiger partial charge in [0.15, 0.2) is 0 Å². The number of ether oxygens (including phenoxy) is 2. The van der Waals surface area contributed by atoms with Gasteiger partial charge in [-0.2, -0.15) is 8.39 Å². The molecule has 0 aliphatic carbocycles. The summed E-state index contributed by atoms with van der Waals surface area (Å²) in [6.07, 6.45) is -0.132. The predicted octanol–water partition coefficient (Wildman–Crippen LogP) is 2.22. The Labute approximate surface area is 72.1 Å². The Hall–Kier alpha value is 0.170. The molecule has 0 aromatic heterocycles. The maximum atomic E-state index is 11.8. The van der Waals surface area contributed by atoms with E-state index >= 15 is 0 Å². The number of hydrogen-bond donors (Lipinski definition) is 0. The van der Waals surface area contributed by atoms with Gasteiger partial charge in [0.2, 0.25) is 0 Å². The summed E-state index contributed by atoms with van der Waals surface area (Å²) < 4.78 is 37.3. The highest BCUT2D eigenvalue weighted by Crippen LogP contribution is 2.41. The number of rotatable bonds is 7. The van der Waals surface area contributed by atoms with Gasteiger partial charge in [-0.25, -0.2) is 0 Å². The van der Waals surface area contributed by atoms with Gasteiger partial charge in [0.1, 0.15) is 0 Å². The SMILES string of the molecule is COCCC(COC)OP(F)F. The van der Waals surface area contributed by atoms with E-state index in [1.807, 2.05) is 0 Å². The molecule has 0 aromatic carbocycles. The Bertz CT molecular complexity index is 105. The van der Waals surface area contributed by atoms with Gasteiger partial charge in [-0.15, -0.1) is 0 Å². The predicted molar refractivity (Wildman–Crippen MR) is 42.4 cm³/mol. The molecule has 0 radical (unpaired) electrons. The molecule has 0 amide bonds. The quantitative estimate of drug-likeness (QED) is 0.592. The van der Waals surface area contributed by atoms with Gasteiger partial charge in [-0.05, 0) is 6.42 Å². The molecule has 0 spiro atoms. The topological polar surface area (TPSA) is 27.7 Å². The molecule has 6 heteroatoms. The third-order valence-corrected chi connectivity index (χ3v) is 1.68. The molecule has 0 aliphatic heterocycles. The highest BCUT2D eigenvalue weighted by Gasteiger charge is 2.15. The van der Waals surface area contributed by atoms with E-state index in [4.69, 9.17) is 9.47 Å². The normalized spacial score (nSPS) is 13.8. The van der Waals surface area contributed by atoms with Gasteiger partial charge in [0, 0.05) is 20.8 Å². The first-order valence-electron chi connectivity index (χ1n) is 3.47. The first-order chi connectivity index (χ1) is 5.70. The molecule has 74 valence electrons. The smallest absolute Gasteiger partial charge is 0.385 e. The van der Waals surface area contributed by atoms with Gasteiger partial charge in [0.05, 0.1) is 12.7 Å². The third kappa shape index (κ3) is 6.85. The number of hydrogen-bond acceptors (Lipinski definition) is 3. The monoisotopic (exact) mass is 202 g/mol. The van der Waals surface area contributed by atoms with E-state index in [0.717, 1.165) is 0 Å². The minimum atomic E-state index is -3.30. The van der Waals surface area contributed by atoms with Crippen LogP contribution in [0.2, 0.25) is 0 Å². The molecule has 12 heavy (non-hydrogen) atoms.